The van der Waals surface area contributed by atoms with Crippen molar-refractivity contribution in [3.63, 3.8) is 0 Å². The molecule has 0 aromatic heterocycles. The van der Waals surface area contributed by atoms with Crippen molar-refractivity contribution >= 4 is 11.9 Å². The molecule has 0 saturated carbocycles. The largest absolute Gasteiger partial charge is 0.393 e. The molecule has 0 atom stereocenters. The minimum absolute atomic E-state index is 0.309. The van der Waals surface area contributed by atoms with Gasteiger partial charge >= 0.3 is 11.9 Å². The van der Waals surface area contributed by atoms with E-state index in [0.29, 0.717) is 12.8 Å². The lowest BCUT2D eigenvalue weighted by Crippen LogP contribution is -2.11. The first-order valence-electron chi connectivity index (χ1n) is 20.5. The quantitative estimate of drug-likeness (QED) is 0.0292. The Kier molecular flexibility index (Phi) is 38.6. The van der Waals surface area contributed by atoms with Gasteiger partial charge in [-0.1, -0.05) is 204 Å². The van der Waals surface area contributed by atoms with Crippen LogP contribution in [0.4, 0.5) is 0 Å². The van der Waals surface area contributed by atoms with E-state index in [1.807, 2.05) is 0 Å². The van der Waals surface area contributed by atoms with Gasteiger partial charge in [0.25, 0.3) is 0 Å². The van der Waals surface area contributed by atoms with Crippen molar-refractivity contribution in [1.29, 1.82) is 0 Å². The Labute approximate surface area is 293 Å². The van der Waals surface area contributed by atoms with Gasteiger partial charge in [-0.25, -0.2) is 0 Å². The van der Waals surface area contributed by atoms with Crippen molar-refractivity contribution in [2.45, 2.75) is 219 Å². The van der Waals surface area contributed by atoms with Crippen molar-refractivity contribution < 1.29 is 14.3 Å². The third kappa shape index (κ3) is 40.2. The molecule has 0 aliphatic carbocycles. The fourth-order valence-electron chi connectivity index (χ4n) is 5.86. The van der Waals surface area contributed by atoms with Crippen LogP contribution >= 0.6 is 0 Å². The summed E-state index contributed by atoms with van der Waals surface area (Å²) in [7, 11) is 0. The Morgan fingerprint density at radius 1 is 0.340 bits per heavy atom. The first-order valence-corrected chi connectivity index (χ1v) is 20.5. The molecule has 0 spiro atoms. The topological polar surface area (TPSA) is 43.4 Å². The molecule has 0 rings (SSSR count). The minimum atomic E-state index is -0.380. The van der Waals surface area contributed by atoms with E-state index in [9.17, 15) is 9.59 Å². The summed E-state index contributed by atoms with van der Waals surface area (Å²) in [6, 6.07) is 0. The number of carbonyl (C=O) groups excluding carboxylic acids is 2. The maximum atomic E-state index is 12.0. The van der Waals surface area contributed by atoms with Gasteiger partial charge in [-0.3, -0.25) is 9.59 Å². The maximum Gasteiger partial charge on any atom is 0.313 e. The number of hydrogen-bond acceptors (Lipinski definition) is 3. The Morgan fingerprint density at radius 3 is 1.00 bits per heavy atom. The van der Waals surface area contributed by atoms with Gasteiger partial charge in [0.2, 0.25) is 0 Å². The van der Waals surface area contributed by atoms with Crippen LogP contribution in [-0.4, -0.2) is 11.9 Å². The Bertz CT molecular complexity index is 775. The molecule has 0 unspecified atom stereocenters. The van der Waals surface area contributed by atoms with Crippen LogP contribution in [0.15, 0.2) is 48.6 Å². The molecule has 0 fully saturated rings. The van der Waals surface area contributed by atoms with Crippen molar-refractivity contribution in [2.24, 2.45) is 0 Å². The highest BCUT2D eigenvalue weighted by atomic mass is 16.6. The van der Waals surface area contributed by atoms with E-state index in [1.165, 1.54) is 148 Å². The summed E-state index contributed by atoms with van der Waals surface area (Å²) in [6.45, 7) is 4.53. The van der Waals surface area contributed by atoms with E-state index in [1.54, 1.807) is 0 Å². The first-order chi connectivity index (χ1) is 23.2. The molecule has 47 heavy (non-hydrogen) atoms. The molecule has 0 aromatic rings. The zero-order valence-electron chi connectivity index (χ0n) is 31.5. The third-order valence-electron chi connectivity index (χ3n) is 8.92. The van der Waals surface area contributed by atoms with Crippen LogP contribution in [0.2, 0.25) is 0 Å². The van der Waals surface area contributed by atoms with Crippen LogP contribution in [0.5, 0.6) is 0 Å². The highest BCUT2D eigenvalue weighted by Crippen LogP contribution is 2.15. The van der Waals surface area contributed by atoms with Gasteiger partial charge in [0.05, 0.1) is 0 Å². The number of esters is 2. The lowest BCUT2D eigenvalue weighted by Gasteiger charge is -2.04. The van der Waals surface area contributed by atoms with Crippen LogP contribution in [0.25, 0.3) is 0 Å². The van der Waals surface area contributed by atoms with Gasteiger partial charge in [-0.2, -0.15) is 0 Å². The fraction of sp³-hybridized carbons (Fsp3) is 0.773. The normalized spacial score (nSPS) is 12.0. The van der Waals surface area contributed by atoms with Gasteiger partial charge < -0.3 is 4.74 Å². The molecule has 0 saturated heterocycles. The van der Waals surface area contributed by atoms with Gasteiger partial charge in [0, 0.05) is 12.8 Å². The molecule has 0 aliphatic rings. The Hall–Kier alpha value is -1.90. The second-order valence-electron chi connectivity index (χ2n) is 13.6. The number of ether oxygens (including phenoxy) is 1. The molecule has 0 N–H and O–H groups in total. The zero-order chi connectivity index (χ0) is 34.1. The third-order valence-corrected chi connectivity index (χ3v) is 8.92. The molecule has 0 aliphatic heterocycles. The predicted molar refractivity (Wildman–Crippen MR) is 207 cm³/mol. The molecule has 272 valence electrons. The molecule has 0 aromatic carbocycles. The van der Waals surface area contributed by atoms with Gasteiger partial charge in [0.1, 0.15) is 0 Å². The van der Waals surface area contributed by atoms with E-state index in [0.717, 1.165) is 44.9 Å². The van der Waals surface area contributed by atoms with Crippen LogP contribution in [0, 0.1) is 0 Å². The summed E-state index contributed by atoms with van der Waals surface area (Å²) in [5.41, 5.74) is 0. The van der Waals surface area contributed by atoms with Gasteiger partial charge in [0.15, 0.2) is 0 Å². The molecular weight excluding hydrogens is 576 g/mol. The SMILES string of the molecule is CCCCCC=CCC=CCC=CCC=CCCCC(=O)OC(=O)CCCCCCCCCCCCCCCCCCCCCCC. The molecule has 0 amide bonds. The van der Waals surface area contributed by atoms with E-state index < -0.39 is 0 Å². The van der Waals surface area contributed by atoms with Crippen molar-refractivity contribution in [3.05, 3.63) is 48.6 Å². The van der Waals surface area contributed by atoms with Crippen LogP contribution in [0.3, 0.4) is 0 Å². The van der Waals surface area contributed by atoms with Crippen molar-refractivity contribution in [2.75, 3.05) is 0 Å². The van der Waals surface area contributed by atoms with Gasteiger partial charge in [-0.15, -0.1) is 0 Å². The van der Waals surface area contributed by atoms with E-state index in [2.05, 4.69) is 62.5 Å². The summed E-state index contributed by atoms with van der Waals surface area (Å²) in [6.07, 6.45) is 56.1. The number of carbonyl (C=O) groups is 2. The molecule has 3 heteroatoms. The highest BCUT2D eigenvalue weighted by molar-refractivity contribution is 5.85. The van der Waals surface area contributed by atoms with E-state index in [4.69, 9.17) is 4.74 Å². The average Bonchev–Trinajstić information content (AvgIpc) is 3.06. The van der Waals surface area contributed by atoms with Crippen LogP contribution < -0.4 is 0 Å². The standard InChI is InChI=1S/C44H78O3/c1-3-5-7-9-11-13-15-17-19-21-22-23-24-26-28-30-32-34-36-38-40-42-44(46)47-43(45)41-39-37-35-33-31-29-27-25-20-18-16-14-12-10-8-6-4-2/h12,14,18,20,27,29,33,35H,3-11,13,15-17,19,21-26,28,30-32,34,36-42H2,1-2H3. The maximum absolute atomic E-state index is 12.0. The van der Waals surface area contributed by atoms with E-state index >= 15 is 0 Å². The van der Waals surface area contributed by atoms with Crippen molar-refractivity contribution in [1.82, 2.24) is 0 Å². The van der Waals surface area contributed by atoms with Crippen LogP contribution in [0.1, 0.15) is 219 Å². The number of rotatable bonds is 36. The number of hydrogen-bond donors (Lipinski definition) is 0. The summed E-state index contributed by atoms with van der Waals surface area (Å²) in [5, 5.41) is 0. The smallest absolute Gasteiger partial charge is 0.313 e. The summed E-state index contributed by atoms with van der Waals surface area (Å²) >= 11 is 0. The Balaban J connectivity index is 3.40. The molecule has 0 heterocycles. The fourth-order valence-corrected chi connectivity index (χ4v) is 5.86. The second-order valence-corrected chi connectivity index (χ2v) is 13.6. The van der Waals surface area contributed by atoms with Crippen molar-refractivity contribution in [3.8, 4) is 0 Å². The molecule has 0 bridgehead atoms. The Morgan fingerprint density at radius 2 is 0.617 bits per heavy atom. The van der Waals surface area contributed by atoms with Gasteiger partial charge in [-0.05, 0) is 51.4 Å². The lowest BCUT2D eigenvalue weighted by atomic mass is 10.0. The predicted octanol–water partition coefficient (Wildman–Crippen LogP) is 14.8. The van der Waals surface area contributed by atoms with Crippen LogP contribution in [-0.2, 0) is 14.3 Å². The minimum Gasteiger partial charge on any atom is -0.393 e. The zero-order valence-corrected chi connectivity index (χ0v) is 31.5. The highest BCUT2D eigenvalue weighted by Gasteiger charge is 2.09. The second kappa shape index (κ2) is 40.3. The molecular formula is C44H78O3. The lowest BCUT2D eigenvalue weighted by molar-refractivity contribution is -0.159. The molecule has 0 radical (unpaired) electrons. The number of allylic oxidation sites excluding steroid dienone is 8. The monoisotopic (exact) mass is 655 g/mol. The molecule has 3 nitrogen and oxygen atoms in total. The first kappa shape index (κ1) is 45.1. The average molecular weight is 655 g/mol. The summed E-state index contributed by atoms with van der Waals surface area (Å²) in [5.74, 6) is -0.736. The number of unbranched alkanes of at least 4 members (excludes halogenated alkanes) is 24. The summed E-state index contributed by atoms with van der Waals surface area (Å²) in [4.78, 5) is 23.9. The van der Waals surface area contributed by atoms with E-state index in [-0.39, 0.29) is 11.9 Å². The summed E-state index contributed by atoms with van der Waals surface area (Å²) < 4.78 is 5.00.